The lowest BCUT2D eigenvalue weighted by Crippen LogP contribution is -2.33. The lowest BCUT2D eigenvalue weighted by atomic mass is 10.1. The van der Waals surface area contributed by atoms with Crippen LogP contribution in [0.4, 0.5) is 0 Å². The lowest BCUT2D eigenvalue weighted by molar-refractivity contribution is 0.0934. The van der Waals surface area contributed by atoms with E-state index >= 15 is 0 Å². The van der Waals surface area contributed by atoms with Crippen LogP contribution in [0.25, 0.3) is 0 Å². The molecule has 0 spiro atoms. The van der Waals surface area contributed by atoms with Crippen LogP contribution in [-0.4, -0.2) is 20.4 Å². The molecule has 4 nitrogen and oxygen atoms in total. The van der Waals surface area contributed by atoms with Crippen molar-refractivity contribution >= 4 is 37.2 Å². The highest BCUT2D eigenvalue weighted by Gasteiger charge is 2.18. The molecule has 0 radical (unpaired) electrons. The monoisotopic (exact) mass is 323 g/mol. The van der Waals surface area contributed by atoms with Crippen LogP contribution in [0, 0.1) is 0 Å². The Morgan fingerprint density at radius 1 is 1.32 bits per heavy atom. The second-order valence-electron chi connectivity index (χ2n) is 4.07. The summed E-state index contributed by atoms with van der Waals surface area (Å²) in [4.78, 5) is 11.7. The summed E-state index contributed by atoms with van der Waals surface area (Å²) < 4.78 is 22.6. The summed E-state index contributed by atoms with van der Waals surface area (Å²) in [6.45, 7) is 3.93. The number of carbonyl (C=O) groups is 1. The van der Waals surface area contributed by atoms with Crippen LogP contribution < -0.4 is 5.32 Å². The Hall–Kier alpha value is -0.780. The Kier molecular flexibility index (Phi) is 5.64. The van der Waals surface area contributed by atoms with Crippen molar-refractivity contribution in [1.82, 2.24) is 5.32 Å². The molecule has 19 heavy (non-hydrogen) atoms. The Labute approximate surface area is 122 Å². The maximum atomic E-state index is 12.0. The molecule has 0 heterocycles. The molecule has 0 unspecified atom stereocenters. The van der Waals surface area contributed by atoms with Gasteiger partial charge >= 0.3 is 0 Å². The van der Waals surface area contributed by atoms with Crippen LogP contribution in [0.1, 0.15) is 37.0 Å². The van der Waals surface area contributed by atoms with Gasteiger partial charge in [0.25, 0.3) is 15.0 Å². The first-order chi connectivity index (χ1) is 8.79. The molecule has 0 fully saturated rings. The first kappa shape index (κ1) is 16.3. The topological polar surface area (TPSA) is 63.2 Å². The fourth-order valence-electron chi connectivity index (χ4n) is 1.59. The highest BCUT2D eigenvalue weighted by atomic mass is 35.7. The van der Waals surface area contributed by atoms with Gasteiger partial charge in [0.2, 0.25) is 0 Å². The van der Waals surface area contributed by atoms with Gasteiger partial charge in [-0.25, -0.2) is 8.42 Å². The Morgan fingerprint density at radius 2 is 1.89 bits per heavy atom. The summed E-state index contributed by atoms with van der Waals surface area (Å²) in [5.74, 6) is -0.341. The van der Waals surface area contributed by atoms with Gasteiger partial charge in [0.05, 0.1) is 5.02 Å². The minimum Gasteiger partial charge on any atom is -0.349 e. The predicted octanol–water partition coefficient (Wildman–Crippen LogP) is 3.19. The second kappa shape index (κ2) is 6.59. The standard InChI is InChI=1S/C12H15Cl2NO3S/c1-3-9(4-2)15-12(16)8-5-6-10(13)11(7-8)19(14,17)18/h5-7,9H,3-4H2,1-2H3,(H,15,16). The summed E-state index contributed by atoms with van der Waals surface area (Å²) >= 11 is 5.75. The number of amides is 1. The molecular weight excluding hydrogens is 309 g/mol. The van der Waals surface area contributed by atoms with E-state index in [0.717, 1.165) is 12.8 Å². The minimum absolute atomic E-state index is 0.00548. The molecule has 0 aliphatic heterocycles. The molecule has 0 aliphatic carbocycles. The number of hydrogen-bond donors (Lipinski definition) is 1. The summed E-state index contributed by atoms with van der Waals surface area (Å²) in [5.41, 5.74) is 0.218. The minimum atomic E-state index is -3.97. The molecular formula is C12H15Cl2NO3S. The van der Waals surface area contributed by atoms with E-state index in [-0.39, 0.29) is 27.4 Å². The zero-order chi connectivity index (χ0) is 14.6. The average molecular weight is 324 g/mol. The van der Waals surface area contributed by atoms with E-state index < -0.39 is 9.05 Å². The third-order valence-corrected chi connectivity index (χ3v) is 4.58. The number of benzene rings is 1. The Morgan fingerprint density at radius 3 is 2.37 bits per heavy atom. The van der Waals surface area contributed by atoms with Gasteiger partial charge in [0.15, 0.2) is 0 Å². The van der Waals surface area contributed by atoms with Gasteiger partial charge in [0.1, 0.15) is 4.90 Å². The fraction of sp³-hybridized carbons (Fsp3) is 0.417. The largest absolute Gasteiger partial charge is 0.349 e. The maximum absolute atomic E-state index is 12.0. The molecule has 0 aromatic heterocycles. The highest BCUT2D eigenvalue weighted by molar-refractivity contribution is 8.13. The smallest absolute Gasteiger partial charge is 0.262 e. The molecule has 0 saturated heterocycles. The first-order valence-corrected chi connectivity index (χ1v) is 8.53. The van der Waals surface area contributed by atoms with Crippen LogP contribution in [0.5, 0.6) is 0 Å². The zero-order valence-corrected chi connectivity index (χ0v) is 12.9. The van der Waals surface area contributed by atoms with E-state index in [1.807, 2.05) is 13.8 Å². The van der Waals surface area contributed by atoms with E-state index in [1.165, 1.54) is 18.2 Å². The van der Waals surface area contributed by atoms with Crippen molar-refractivity contribution in [2.24, 2.45) is 0 Å². The van der Waals surface area contributed by atoms with Crippen LogP contribution in [-0.2, 0) is 9.05 Å². The van der Waals surface area contributed by atoms with Gasteiger partial charge in [-0.3, -0.25) is 4.79 Å². The average Bonchev–Trinajstić information content (AvgIpc) is 2.34. The van der Waals surface area contributed by atoms with Crippen molar-refractivity contribution < 1.29 is 13.2 Å². The van der Waals surface area contributed by atoms with Crippen molar-refractivity contribution in [2.45, 2.75) is 37.6 Å². The molecule has 0 bridgehead atoms. The van der Waals surface area contributed by atoms with E-state index in [2.05, 4.69) is 5.32 Å². The lowest BCUT2D eigenvalue weighted by Gasteiger charge is -2.15. The highest BCUT2D eigenvalue weighted by Crippen LogP contribution is 2.25. The summed E-state index contributed by atoms with van der Waals surface area (Å²) in [5, 5.41) is 2.81. The quantitative estimate of drug-likeness (QED) is 0.846. The van der Waals surface area contributed by atoms with Gasteiger partial charge in [-0.2, -0.15) is 0 Å². The van der Waals surface area contributed by atoms with Crippen molar-refractivity contribution in [2.75, 3.05) is 0 Å². The predicted molar refractivity (Wildman–Crippen MR) is 76.3 cm³/mol. The van der Waals surface area contributed by atoms with Crippen LogP contribution in [0.3, 0.4) is 0 Å². The second-order valence-corrected chi connectivity index (χ2v) is 7.01. The van der Waals surface area contributed by atoms with E-state index in [0.29, 0.717) is 0 Å². The molecule has 7 heteroatoms. The molecule has 0 aliphatic rings. The first-order valence-electron chi connectivity index (χ1n) is 5.84. The number of halogens is 2. The van der Waals surface area contributed by atoms with Crippen molar-refractivity contribution in [3.8, 4) is 0 Å². The molecule has 0 atom stereocenters. The number of rotatable bonds is 5. The SMILES string of the molecule is CCC(CC)NC(=O)c1ccc(Cl)c(S(=O)(=O)Cl)c1. The van der Waals surface area contributed by atoms with Crippen molar-refractivity contribution in [1.29, 1.82) is 0 Å². The van der Waals surface area contributed by atoms with Crippen LogP contribution >= 0.6 is 22.3 Å². The number of nitrogens with one attached hydrogen (secondary N) is 1. The zero-order valence-electron chi connectivity index (χ0n) is 10.6. The normalized spacial score (nSPS) is 11.6. The Balaban J connectivity index is 3.06. The van der Waals surface area contributed by atoms with Gasteiger partial charge in [-0.15, -0.1) is 0 Å². The van der Waals surface area contributed by atoms with Crippen LogP contribution in [0.15, 0.2) is 23.1 Å². The summed E-state index contributed by atoms with van der Waals surface area (Å²) in [7, 11) is 1.29. The van der Waals surface area contributed by atoms with E-state index in [9.17, 15) is 13.2 Å². The molecule has 1 N–H and O–H groups in total. The number of hydrogen-bond acceptors (Lipinski definition) is 3. The molecule has 0 saturated carbocycles. The molecule has 106 valence electrons. The molecule has 1 aromatic carbocycles. The third kappa shape index (κ3) is 4.37. The van der Waals surface area contributed by atoms with Crippen molar-refractivity contribution in [3.05, 3.63) is 28.8 Å². The Bertz CT molecular complexity index is 568. The summed E-state index contributed by atoms with van der Waals surface area (Å²) in [6, 6.07) is 4.05. The van der Waals surface area contributed by atoms with Crippen LogP contribution in [0.2, 0.25) is 5.02 Å². The van der Waals surface area contributed by atoms with Crippen molar-refractivity contribution in [3.63, 3.8) is 0 Å². The van der Waals surface area contributed by atoms with Gasteiger partial charge in [-0.05, 0) is 31.0 Å². The fourth-order valence-corrected chi connectivity index (χ4v) is 3.09. The van der Waals surface area contributed by atoms with Gasteiger partial charge in [0, 0.05) is 22.3 Å². The third-order valence-electron chi connectivity index (χ3n) is 2.78. The number of carbonyl (C=O) groups excluding carboxylic acids is 1. The molecule has 1 aromatic rings. The van der Waals surface area contributed by atoms with Gasteiger partial charge in [-0.1, -0.05) is 25.4 Å². The summed E-state index contributed by atoms with van der Waals surface area (Å²) in [6.07, 6.45) is 1.60. The van der Waals surface area contributed by atoms with E-state index in [4.69, 9.17) is 22.3 Å². The van der Waals surface area contributed by atoms with Gasteiger partial charge < -0.3 is 5.32 Å². The molecule has 1 amide bonds. The molecule has 1 rings (SSSR count). The van der Waals surface area contributed by atoms with E-state index in [1.54, 1.807) is 0 Å². The maximum Gasteiger partial charge on any atom is 0.262 e.